The Morgan fingerprint density at radius 2 is 1.81 bits per heavy atom. The Hall–Kier alpha value is -1.51. The second kappa shape index (κ2) is 7.48. The summed E-state index contributed by atoms with van der Waals surface area (Å²) in [6.07, 6.45) is 7.14. The van der Waals surface area contributed by atoms with Crippen molar-refractivity contribution in [2.24, 2.45) is 11.8 Å². The molecule has 0 saturated heterocycles. The van der Waals surface area contributed by atoms with Crippen molar-refractivity contribution in [2.75, 3.05) is 5.73 Å². The Bertz CT molecular complexity index is 449. The third-order valence-corrected chi connectivity index (χ3v) is 4.92. The first-order chi connectivity index (χ1) is 10.1. The first-order valence-electron chi connectivity index (χ1n) is 8.20. The van der Waals surface area contributed by atoms with Crippen LogP contribution < -0.4 is 11.1 Å². The van der Waals surface area contributed by atoms with Gasteiger partial charge in [-0.15, -0.1) is 0 Å². The van der Waals surface area contributed by atoms with Crippen LogP contribution in [0.2, 0.25) is 0 Å². The number of rotatable bonds is 5. The van der Waals surface area contributed by atoms with E-state index < -0.39 is 0 Å². The maximum absolute atomic E-state index is 12.2. The van der Waals surface area contributed by atoms with Gasteiger partial charge in [-0.1, -0.05) is 51.2 Å². The Morgan fingerprint density at radius 1 is 1.19 bits per heavy atom. The van der Waals surface area contributed by atoms with Gasteiger partial charge in [-0.25, -0.2) is 0 Å². The van der Waals surface area contributed by atoms with Gasteiger partial charge >= 0.3 is 0 Å². The van der Waals surface area contributed by atoms with Gasteiger partial charge in [0.15, 0.2) is 0 Å². The van der Waals surface area contributed by atoms with Crippen molar-refractivity contribution >= 4 is 11.6 Å². The van der Waals surface area contributed by atoms with Crippen molar-refractivity contribution in [3.63, 3.8) is 0 Å². The largest absolute Gasteiger partial charge is 0.399 e. The number of carbonyl (C=O) groups is 1. The lowest BCUT2D eigenvalue weighted by Crippen LogP contribution is -2.40. The van der Waals surface area contributed by atoms with Crippen LogP contribution in [0.15, 0.2) is 24.3 Å². The molecule has 1 fully saturated rings. The molecule has 3 heteroatoms. The van der Waals surface area contributed by atoms with Crippen LogP contribution in [-0.4, -0.2) is 11.9 Å². The molecule has 0 aromatic heterocycles. The van der Waals surface area contributed by atoms with Crippen LogP contribution in [0.3, 0.4) is 0 Å². The van der Waals surface area contributed by atoms with E-state index in [1.165, 1.54) is 32.1 Å². The monoisotopic (exact) mass is 288 g/mol. The third-order valence-electron chi connectivity index (χ3n) is 4.92. The van der Waals surface area contributed by atoms with Gasteiger partial charge in [0.05, 0.1) is 6.42 Å². The summed E-state index contributed by atoms with van der Waals surface area (Å²) in [6, 6.07) is 7.77. The van der Waals surface area contributed by atoms with E-state index in [1.807, 2.05) is 24.3 Å². The van der Waals surface area contributed by atoms with E-state index in [2.05, 4.69) is 19.2 Å². The van der Waals surface area contributed by atoms with Crippen LogP contribution in [0.1, 0.15) is 51.5 Å². The summed E-state index contributed by atoms with van der Waals surface area (Å²) in [5.74, 6) is 1.43. The average molecular weight is 288 g/mol. The maximum atomic E-state index is 12.2. The minimum Gasteiger partial charge on any atom is -0.399 e. The van der Waals surface area contributed by atoms with E-state index in [9.17, 15) is 4.79 Å². The Labute approximate surface area is 128 Å². The highest BCUT2D eigenvalue weighted by molar-refractivity contribution is 5.78. The van der Waals surface area contributed by atoms with Gasteiger partial charge < -0.3 is 11.1 Å². The SMILES string of the molecule is CC(NC(=O)Cc1ccc(N)cc1)C(C)C1CCCCC1. The van der Waals surface area contributed by atoms with Gasteiger partial charge in [-0.05, 0) is 36.5 Å². The predicted octanol–water partition coefficient (Wildman–Crippen LogP) is 3.53. The van der Waals surface area contributed by atoms with Crippen molar-refractivity contribution in [1.29, 1.82) is 0 Å². The number of nitrogens with one attached hydrogen (secondary N) is 1. The third kappa shape index (κ3) is 4.76. The molecule has 1 aromatic rings. The topological polar surface area (TPSA) is 55.1 Å². The van der Waals surface area contributed by atoms with Crippen LogP contribution in [0.5, 0.6) is 0 Å². The normalized spacial score (nSPS) is 19.0. The molecule has 3 nitrogen and oxygen atoms in total. The summed E-state index contributed by atoms with van der Waals surface area (Å²) in [6.45, 7) is 4.42. The molecule has 0 aliphatic heterocycles. The maximum Gasteiger partial charge on any atom is 0.224 e. The first-order valence-corrected chi connectivity index (χ1v) is 8.20. The van der Waals surface area contributed by atoms with Crippen molar-refractivity contribution < 1.29 is 4.79 Å². The smallest absolute Gasteiger partial charge is 0.224 e. The summed E-state index contributed by atoms with van der Waals surface area (Å²) in [4.78, 5) is 12.2. The van der Waals surface area contributed by atoms with Gasteiger partial charge in [-0.3, -0.25) is 4.79 Å². The second-order valence-electron chi connectivity index (χ2n) is 6.53. The molecule has 1 saturated carbocycles. The lowest BCUT2D eigenvalue weighted by Gasteiger charge is -2.32. The van der Waals surface area contributed by atoms with Gasteiger partial charge in [0.2, 0.25) is 5.91 Å². The van der Waals surface area contributed by atoms with Crippen molar-refractivity contribution in [3.8, 4) is 0 Å². The number of benzene rings is 1. The molecule has 0 bridgehead atoms. The molecule has 21 heavy (non-hydrogen) atoms. The Balaban J connectivity index is 1.82. The molecule has 2 rings (SSSR count). The van der Waals surface area contributed by atoms with E-state index >= 15 is 0 Å². The minimum atomic E-state index is 0.106. The molecule has 116 valence electrons. The molecule has 0 spiro atoms. The fourth-order valence-corrected chi connectivity index (χ4v) is 3.33. The molecule has 3 N–H and O–H groups in total. The zero-order chi connectivity index (χ0) is 15.2. The molecule has 1 aliphatic rings. The Morgan fingerprint density at radius 3 is 2.43 bits per heavy atom. The molecule has 1 aromatic carbocycles. The summed E-state index contributed by atoms with van der Waals surface area (Å²) in [5.41, 5.74) is 7.41. The summed E-state index contributed by atoms with van der Waals surface area (Å²) in [7, 11) is 0. The Kier molecular flexibility index (Phi) is 5.66. The quantitative estimate of drug-likeness (QED) is 0.814. The number of anilines is 1. The van der Waals surface area contributed by atoms with Crippen LogP contribution in [-0.2, 0) is 11.2 Å². The van der Waals surface area contributed by atoms with E-state index in [4.69, 9.17) is 5.73 Å². The highest BCUT2D eigenvalue weighted by Gasteiger charge is 2.25. The molecule has 1 amide bonds. The minimum absolute atomic E-state index is 0.106. The van der Waals surface area contributed by atoms with Crippen molar-refractivity contribution in [1.82, 2.24) is 5.32 Å². The number of amides is 1. The fraction of sp³-hybridized carbons (Fsp3) is 0.611. The van der Waals surface area contributed by atoms with E-state index in [-0.39, 0.29) is 11.9 Å². The molecule has 2 unspecified atom stereocenters. The molecule has 0 radical (unpaired) electrons. The molecular formula is C18H28N2O. The summed E-state index contributed by atoms with van der Waals surface area (Å²) < 4.78 is 0. The van der Waals surface area contributed by atoms with Crippen LogP contribution in [0, 0.1) is 11.8 Å². The molecule has 0 heterocycles. The number of hydrogen-bond donors (Lipinski definition) is 2. The second-order valence-corrected chi connectivity index (χ2v) is 6.53. The van der Waals surface area contributed by atoms with E-state index in [0.717, 1.165) is 17.2 Å². The van der Waals surface area contributed by atoms with Gasteiger partial charge in [0.1, 0.15) is 0 Å². The van der Waals surface area contributed by atoms with Crippen LogP contribution in [0.25, 0.3) is 0 Å². The average Bonchev–Trinajstić information content (AvgIpc) is 2.49. The van der Waals surface area contributed by atoms with E-state index in [1.54, 1.807) is 0 Å². The molecular weight excluding hydrogens is 260 g/mol. The van der Waals surface area contributed by atoms with Crippen molar-refractivity contribution in [2.45, 2.75) is 58.4 Å². The molecule has 1 aliphatic carbocycles. The van der Waals surface area contributed by atoms with Gasteiger partial charge in [0.25, 0.3) is 0 Å². The summed E-state index contributed by atoms with van der Waals surface area (Å²) in [5, 5.41) is 3.17. The predicted molar refractivity (Wildman–Crippen MR) is 87.9 cm³/mol. The zero-order valence-electron chi connectivity index (χ0n) is 13.3. The van der Waals surface area contributed by atoms with Crippen LogP contribution >= 0.6 is 0 Å². The van der Waals surface area contributed by atoms with Gasteiger partial charge in [-0.2, -0.15) is 0 Å². The number of nitrogens with two attached hydrogens (primary N) is 1. The highest BCUT2D eigenvalue weighted by Crippen LogP contribution is 2.31. The van der Waals surface area contributed by atoms with Crippen LogP contribution in [0.4, 0.5) is 5.69 Å². The standard InChI is InChI=1S/C18H28N2O/c1-13(16-6-4-3-5-7-16)14(2)20-18(21)12-15-8-10-17(19)11-9-15/h8-11,13-14,16H,3-7,12,19H2,1-2H3,(H,20,21). The lowest BCUT2D eigenvalue weighted by atomic mass is 9.78. The first kappa shape index (κ1) is 15.9. The lowest BCUT2D eigenvalue weighted by molar-refractivity contribution is -0.121. The molecule has 2 atom stereocenters. The fourth-order valence-electron chi connectivity index (χ4n) is 3.33. The van der Waals surface area contributed by atoms with Gasteiger partial charge in [0, 0.05) is 11.7 Å². The van der Waals surface area contributed by atoms with Crippen molar-refractivity contribution in [3.05, 3.63) is 29.8 Å². The zero-order valence-corrected chi connectivity index (χ0v) is 13.3. The highest BCUT2D eigenvalue weighted by atomic mass is 16.1. The number of nitrogen functional groups attached to an aromatic ring is 1. The van der Waals surface area contributed by atoms with E-state index in [0.29, 0.717) is 12.3 Å². The summed E-state index contributed by atoms with van der Waals surface area (Å²) >= 11 is 0. The number of carbonyl (C=O) groups excluding carboxylic acids is 1. The number of hydrogen-bond acceptors (Lipinski definition) is 2.